The fourth-order valence-corrected chi connectivity index (χ4v) is 6.72. The molecule has 0 spiro atoms. The Balaban J connectivity index is 2.16. The summed E-state index contributed by atoms with van der Waals surface area (Å²) in [4.78, 5) is 17.9. The van der Waals surface area contributed by atoms with E-state index in [1.54, 1.807) is 26.0 Å². The van der Waals surface area contributed by atoms with Crippen LogP contribution in [0.5, 0.6) is 0 Å². The number of aliphatic imine (C=N–C) groups is 1. The van der Waals surface area contributed by atoms with Gasteiger partial charge in [-0.2, -0.15) is 13.2 Å². The van der Waals surface area contributed by atoms with Crippen LogP contribution in [-0.4, -0.2) is 24.1 Å². The molecule has 1 aliphatic rings. The highest BCUT2D eigenvalue weighted by Crippen LogP contribution is 2.47. The van der Waals surface area contributed by atoms with Gasteiger partial charge in [-0.1, -0.05) is 75.7 Å². The summed E-state index contributed by atoms with van der Waals surface area (Å²) in [6.07, 6.45) is -1.14. The SMILES string of the molecule is CCCC1C(C)=C(C(F)(F)F)C(C)C(N=C(NC(=O)c2ccc(Cl)cc2)Nc2cc(F)cc(Cl)c2)CC(CC)C1CC. The number of nitrogens with one attached hydrogen (secondary N) is 2. The molecule has 0 heterocycles. The van der Waals surface area contributed by atoms with Crippen molar-refractivity contribution in [3.63, 3.8) is 0 Å². The number of nitrogens with zero attached hydrogens (tertiary/aromatic N) is 1. The number of hydrogen-bond donors (Lipinski definition) is 2. The zero-order chi connectivity index (χ0) is 31.2. The first-order valence-electron chi connectivity index (χ1n) is 14.4. The number of benzene rings is 2. The zero-order valence-electron chi connectivity index (χ0n) is 24.6. The van der Waals surface area contributed by atoms with Gasteiger partial charge in [0.25, 0.3) is 5.91 Å². The monoisotopic (exact) mass is 627 g/mol. The number of rotatable bonds is 7. The highest BCUT2D eigenvalue weighted by atomic mass is 35.5. The van der Waals surface area contributed by atoms with Gasteiger partial charge in [0.15, 0.2) is 0 Å². The summed E-state index contributed by atoms with van der Waals surface area (Å²) in [7, 11) is 0. The Morgan fingerprint density at radius 2 is 1.69 bits per heavy atom. The Kier molecular flexibility index (Phi) is 11.9. The Bertz CT molecular complexity index is 1270. The van der Waals surface area contributed by atoms with Crippen LogP contribution in [0.3, 0.4) is 0 Å². The van der Waals surface area contributed by atoms with Crippen LogP contribution in [0.15, 0.2) is 58.6 Å². The third-order valence-corrected chi connectivity index (χ3v) is 8.81. The highest BCUT2D eigenvalue weighted by Gasteiger charge is 2.46. The van der Waals surface area contributed by atoms with Crippen LogP contribution < -0.4 is 10.6 Å². The van der Waals surface area contributed by atoms with E-state index >= 15 is 0 Å². The number of carbonyl (C=O) groups is 1. The summed E-state index contributed by atoms with van der Waals surface area (Å²) in [5.41, 5.74) is 0.278. The molecule has 0 saturated carbocycles. The summed E-state index contributed by atoms with van der Waals surface area (Å²) >= 11 is 12.0. The van der Waals surface area contributed by atoms with Gasteiger partial charge in [-0.3, -0.25) is 10.1 Å². The fraction of sp³-hybridized carbons (Fsp3) is 0.500. The van der Waals surface area contributed by atoms with E-state index in [-0.39, 0.29) is 40.0 Å². The van der Waals surface area contributed by atoms with Crippen LogP contribution in [0.4, 0.5) is 23.2 Å². The molecule has 2 aromatic rings. The predicted octanol–water partition coefficient (Wildman–Crippen LogP) is 10.1. The number of amides is 1. The van der Waals surface area contributed by atoms with Gasteiger partial charge < -0.3 is 5.32 Å². The van der Waals surface area contributed by atoms with Crippen molar-refractivity contribution in [1.82, 2.24) is 5.32 Å². The molecule has 0 aliphatic heterocycles. The number of halogens is 6. The fourth-order valence-electron chi connectivity index (χ4n) is 6.37. The van der Waals surface area contributed by atoms with Crippen molar-refractivity contribution in [1.29, 1.82) is 0 Å². The van der Waals surface area contributed by atoms with Crippen molar-refractivity contribution in [2.45, 2.75) is 78.9 Å². The summed E-state index contributed by atoms with van der Waals surface area (Å²) < 4.78 is 58.4. The van der Waals surface area contributed by atoms with Gasteiger partial charge in [-0.05, 0) is 80.0 Å². The molecule has 0 radical (unpaired) electrons. The third-order valence-electron chi connectivity index (χ3n) is 8.34. The lowest BCUT2D eigenvalue weighted by Crippen LogP contribution is -2.41. The molecule has 1 aliphatic carbocycles. The van der Waals surface area contributed by atoms with E-state index in [0.717, 1.165) is 25.3 Å². The molecule has 42 heavy (non-hydrogen) atoms. The number of allylic oxidation sites excluding steroid dienone is 1. The second kappa shape index (κ2) is 14.7. The maximum atomic E-state index is 14.7. The normalized spacial score (nSPS) is 23.8. The molecule has 0 saturated heterocycles. The lowest BCUT2D eigenvalue weighted by Gasteiger charge is -2.41. The van der Waals surface area contributed by atoms with Crippen molar-refractivity contribution in [2.24, 2.45) is 28.7 Å². The topological polar surface area (TPSA) is 53.5 Å². The Morgan fingerprint density at radius 3 is 2.24 bits per heavy atom. The molecule has 230 valence electrons. The average molecular weight is 629 g/mol. The van der Waals surface area contributed by atoms with Crippen molar-refractivity contribution >= 4 is 40.8 Å². The predicted molar refractivity (Wildman–Crippen MR) is 164 cm³/mol. The lowest BCUT2D eigenvalue weighted by atomic mass is 9.66. The van der Waals surface area contributed by atoms with E-state index in [0.29, 0.717) is 23.4 Å². The molecular formula is C32H39Cl2F4N3O. The van der Waals surface area contributed by atoms with Crippen LogP contribution >= 0.6 is 23.2 Å². The molecule has 5 unspecified atom stereocenters. The van der Waals surface area contributed by atoms with Crippen molar-refractivity contribution in [3.8, 4) is 0 Å². The van der Waals surface area contributed by atoms with E-state index in [1.807, 2.05) is 13.8 Å². The van der Waals surface area contributed by atoms with E-state index in [9.17, 15) is 22.4 Å². The summed E-state index contributed by atoms with van der Waals surface area (Å²) in [5, 5.41) is 6.14. The summed E-state index contributed by atoms with van der Waals surface area (Å²) in [6.45, 7) is 9.27. The van der Waals surface area contributed by atoms with Crippen LogP contribution in [-0.2, 0) is 0 Å². The largest absolute Gasteiger partial charge is 0.412 e. The molecule has 0 bridgehead atoms. The Morgan fingerprint density at radius 1 is 1.02 bits per heavy atom. The Labute approximate surface area is 256 Å². The highest BCUT2D eigenvalue weighted by molar-refractivity contribution is 6.31. The van der Waals surface area contributed by atoms with Gasteiger partial charge in [0, 0.05) is 32.8 Å². The van der Waals surface area contributed by atoms with E-state index < -0.39 is 35.4 Å². The minimum Gasteiger partial charge on any atom is -0.326 e. The number of guanidine groups is 1. The molecular weight excluding hydrogens is 589 g/mol. The van der Waals surface area contributed by atoms with Crippen LogP contribution in [0.1, 0.15) is 77.1 Å². The second-order valence-corrected chi connectivity index (χ2v) is 11.9. The van der Waals surface area contributed by atoms with Crippen molar-refractivity contribution in [2.75, 3.05) is 5.32 Å². The lowest BCUT2D eigenvalue weighted by molar-refractivity contribution is -0.102. The van der Waals surface area contributed by atoms with E-state index in [2.05, 4.69) is 17.6 Å². The molecule has 0 fully saturated rings. The number of alkyl halides is 3. The van der Waals surface area contributed by atoms with E-state index in [4.69, 9.17) is 28.2 Å². The minimum absolute atomic E-state index is 0.0552. The van der Waals surface area contributed by atoms with Gasteiger partial charge in [0.1, 0.15) is 5.82 Å². The van der Waals surface area contributed by atoms with Crippen LogP contribution in [0, 0.1) is 29.5 Å². The van der Waals surface area contributed by atoms with Crippen molar-refractivity contribution in [3.05, 3.63) is 75.0 Å². The number of carbonyl (C=O) groups excluding carboxylic acids is 1. The van der Waals surface area contributed by atoms with Gasteiger partial charge in [0.05, 0.1) is 6.04 Å². The summed E-state index contributed by atoms with van der Waals surface area (Å²) in [5.74, 6) is -2.26. The second-order valence-electron chi connectivity index (χ2n) is 11.0. The number of hydrogen-bond acceptors (Lipinski definition) is 2. The molecule has 1 amide bonds. The number of anilines is 1. The average Bonchev–Trinajstić information content (AvgIpc) is 2.89. The molecule has 2 aromatic carbocycles. The van der Waals surface area contributed by atoms with Crippen LogP contribution in [0.2, 0.25) is 10.0 Å². The van der Waals surface area contributed by atoms with Gasteiger partial charge in [-0.15, -0.1) is 0 Å². The quantitative estimate of drug-likeness (QED) is 0.139. The van der Waals surface area contributed by atoms with Gasteiger partial charge in [0.2, 0.25) is 5.96 Å². The minimum atomic E-state index is -4.54. The van der Waals surface area contributed by atoms with Crippen LogP contribution in [0.25, 0.3) is 0 Å². The van der Waals surface area contributed by atoms with Gasteiger partial charge in [-0.25, -0.2) is 9.38 Å². The summed E-state index contributed by atoms with van der Waals surface area (Å²) in [6, 6.07) is 9.06. The molecule has 2 N–H and O–H groups in total. The molecule has 3 rings (SSSR count). The first-order valence-corrected chi connectivity index (χ1v) is 15.2. The maximum absolute atomic E-state index is 14.7. The zero-order valence-corrected chi connectivity index (χ0v) is 26.1. The standard InChI is InChI=1S/C32H39Cl2F4N3O/c1-6-9-27-18(4)29(32(36,37)38)19(5)28(14-20(7-2)26(27)8-3)40-31(39-25-16-23(34)15-24(35)17-25)41-30(42)21-10-12-22(33)13-11-21/h10-13,15-17,19-20,26-28H,6-9,14H2,1-5H3,(H2,39,40,41,42). The molecule has 5 atom stereocenters. The third kappa shape index (κ3) is 8.50. The van der Waals surface area contributed by atoms with E-state index in [1.165, 1.54) is 24.3 Å². The first kappa shape index (κ1) is 33.9. The molecule has 4 nitrogen and oxygen atoms in total. The molecule has 10 heteroatoms. The first-order chi connectivity index (χ1) is 19.8. The van der Waals surface area contributed by atoms with Gasteiger partial charge >= 0.3 is 6.18 Å². The maximum Gasteiger partial charge on any atom is 0.412 e. The van der Waals surface area contributed by atoms with Crippen molar-refractivity contribution < 1.29 is 22.4 Å². The Hall–Kier alpha value is -2.58. The smallest absolute Gasteiger partial charge is 0.326 e. The molecule has 0 aromatic heterocycles.